The highest BCUT2D eigenvalue weighted by Gasteiger charge is 2.09. The Bertz CT molecular complexity index is 705. The van der Waals surface area contributed by atoms with Crippen molar-refractivity contribution in [3.63, 3.8) is 0 Å². The predicted octanol–water partition coefficient (Wildman–Crippen LogP) is 3.84. The smallest absolute Gasteiger partial charge is 0.186 e. The molecule has 0 unspecified atom stereocenters. The lowest BCUT2D eigenvalue weighted by molar-refractivity contribution is 0.426. The first-order valence-electron chi connectivity index (χ1n) is 5.83. The standard InChI is InChI=1S/C14H11FN2OS/c1-9-5-13(18-17-9)12-8-19-14(16-12)7-10-3-2-4-11(15)6-10/h2-6,8H,7H2,1H3. The average Bonchev–Trinajstić information content (AvgIpc) is 2.98. The largest absolute Gasteiger partial charge is 0.354 e. The van der Waals surface area contributed by atoms with Gasteiger partial charge in [0.05, 0.1) is 10.7 Å². The quantitative estimate of drug-likeness (QED) is 0.728. The highest BCUT2D eigenvalue weighted by molar-refractivity contribution is 7.10. The van der Waals surface area contributed by atoms with Gasteiger partial charge in [-0.25, -0.2) is 9.37 Å². The number of hydrogen-bond acceptors (Lipinski definition) is 4. The molecule has 0 bridgehead atoms. The molecule has 0 spiro atoms. The van der Waals surface area contributed by atoms with Gasteiger partial charge in [0.1, 0.15) is 11.5 Å². The third kappa shape index (κ3) is 2.71. The molecule has 2 aromatic heterocycles. The number of hydrogen-bond donors (Lipinski definition) is 0. The van der Waals surface area contributed by atoms with Crippen LogP contribution in [-0.4, -0.2) is 10.1 Å². The number of thiazole rings is 1. The summed E-state index contributed by atoms with van der Waals surface area (Å²) < 4.78 is 18.3. The van der Waals surface area contributed by atoms with Crippen molar-refractivity contribution >= 4 is 11.3 Å². The highest BCUT2D eigenvalue weighted by Crippen LogP contribution is 2.24. The number of nitrogens with zero attached hydrogens (tertiary/aromatic N) is 2. The molecule has 0 aliphatic rings. The summed E-state index contributed by atoms with van der Waals surface area (Å²) in [5.74, 6) is 0.444. The van der Waals surface area contributed by atoms with Gasteiger partial charge >= 0.3 is 0 Å². The molecule has 0 saturated heterocycles. The molecule has 0 atom stereocenters. The van der Waals surface area contributed by atoms with Gasteiger partial charge in [-0.1, -0.05) is 17.3 Å². The van der Waals surface area contributed by atoms with Gasteiger partial charge in [0.25, 0.3) is 0 Å². The second-order valence-electron chi connectivity index (χ2n) is 4.27. The van der Waals surface area contributed by atoms with E-state index in [4.69, 9.17) is 4.52 Å². The molecular weight excluding hydrogens is 263 g/mol. The van der Waals surface area contributed by atoms with E-state index in [1.807, 2.05) is 24.4 Å². The van der Waals surface area contributed by atoms with E-state index in [0.717, 1.165) is 22.0 Å². The van der Waals surface area contributed by atoms with Crippen LogP contribution in [0.2, 0.25) is 0 Å². The van der Waals surface area contributed by atoms with E-state index in [1.165, 1.54) is 23.5 Å². The van der Waals surface area contributed by atoms with Crippen LogP contribution in [0, 0.1) is 12.7 Å². The Kier molecular flexibility index (Phi) is 3.13. The summed E-state index contributed by atoms with van der Waals surface area (Å²) in [7, 11) is 0. The predicted molar refractivity (Wildman–Crippen MR) is 71.6 cm³/mol. The van der Waals surface area contributed by atoms with Gasteiger partial charge in [0.2, 0.25) is 0 Å². The minimum Gasteiger partial charge on any atom is -0.354 e. The molecule has 0 amide bonds. The first-order valence-corrected chi connectivity index (χ1v) is 6.71. The molecule has 0 saturated carbocycles. The Morgan fingerprint density at radius 1 is 1.32 bits per heavy atom. The molecule has 3 aromatic rings. The monoisotopic (exact) mass is 274 g/mol. The van der Waals surface area contributed by atoms with E-state index in [9.17, 15) is 4.39 Å². The molecule has 0 fully saturated rings. The Balaban J connectivity index is 1.82. The van der Waals surface area contributed by atoms with E-state index in [1.54, 1.807) is 6.07 Å². The molecule has 0 aliphatic heterocycles. The Hall–Kier alpha value is -2.01. The van der Waals surface area contributed by atoms with Gasteiger partial charge in [-0.2, -0.15) is 0 Å². The fourth-order valence-electron chi connectivity index (χ4n) is 1.81. The van der Waals surface area contributed by atoms with Gasteiger partial charge in [0.15, 0.2) is 5.76 Å². The van der Waals surface area contributed by atoms with Crippen LogP contribution < -0.4 is 0 Å². The molecule has 0 N–H and O–H groups in total. The first kappa shape index (κ1) is 12.0. The fourth-order valence-corrected chi connectivity index (χ4v) is 2.63. The first-order chi connectivity index (χ1) is 9.20. The van der Waals surface area contributed by atoms with Crippen molar-refractivity contribution in [2.75, 3.05) is 0 Å². The van der Waals surface area contributed by atoms with Gasteiger partial charge in [0, 0.05) is 17.9 Å². The molecule has 1 aromatic carbocycles. The van der Waals surface area contributed by atoms with Crippen molar-refractivity contribution in [1.82, 2.24) is 10.1 Å². The Morgan fingerprint density at radius 3 is 2.95 bits per heavy atom. The molecule has 5 heteroatoms. The van der Waals surface area contributed by atoms with Crippen molar-refractivity contribution < 1.29 is 8.91 Å². The van der Waals surface area contributed by atoms with Crippen LogP contribution in [0.25, 0.3) is 11.5 Å². The zero-order chi connectivity index (χ0) is 13.2. The molecule has 96 valence electrons. The van der Waals surface area contributed by atoms with Gasteiger partial charge < -0.3 is 4.52 Å². The summed E-state index contributed by atoms with van der Waals surface area (Å²) in [6.45, 7) is 1.87. The topological polar surface area (TPSA) is 38.9 Å². The third-order valence-electron chi connectivity index (χ3n) is 2.68. The van der Waals surface area contributed by atoms with E-state index < -0.39 is 0 Å². The molecular formula is C14H11FN2OS. The van der Waals surface area contributed by atoms with Crippen LogP contribution in [-0.2, 0) is 6.42 Å². The second-order valence-corrected chi connectivity index (χ2v) is 5.21. The van der Waals surface area contributed by atoms with Crippen molar-refractivity contribution in [1.29, 1.82) is 0 Å². The van der Waals surface area contributed by atoms with E-state index >= 15 is 0 Å². The summed E-state index contributed by atoms with van der Waals surface area (Å²) in [4.78, 5) is 4.48. The average molecular weight is 274 g/mol. The van der Waals surface area contributed by atoms with Gasteiger partial charge in [-0.15, -0.1) is 11.3 Å². The van der Waals surface area contributed by atoms with Crippen LogP contribution in [0.1, 0.15) is 16.3 Å². The SMILES string of the molecule is Cc1cc(-c2csc(Cc3cccc(F)c3)n2)on1. The lowest BCUT2D eigenvalue weighted by Gasteiger charge is -1.97. The van der Waals surface area contributed by atoms with Crippen LogP contribution in [0.3, 0.4) is 0 Å². The minimum atomic E-state index is -0.222. The van der Waals surface area contributed by atoms with Crippen LogP contribution >= 0.6 is 11.3 Å². The highest BCUT2D eigenvalue weighted by atomic mass is 32.1. The summed E-state index contributed by atoms with van der Waals surface area (Å²) >= 11 is 1.53. The summed E-state index contributed by atoms with van der Waals surface area (Å²) in [5, 5.41) is 6.69. The Morgan fingerprint density at radius 2 is 2.21 bits per heavy atom. The van der Waals surface area contributed by atoms with Crippen molar-refractivity contribution in [2.24, 2.45) is 0 Å². The second kappa shape index (κ2) is 4.93. The third-order valence-corrected chi connectivity index (χ3v) is 3.53. The summed E-state index contributed by atoms with van der Waals surface area (Å²) in [5.41, 5.74) is 2.52. The lowest BCUT2D eigenvalue weighted by Crippen LogP contribution is -1.88. The summed E-state index contributed by atoms with van der Waals surface area (Å²) in [6, 6.07) is 8.41. The maximum absolute atomic E-state index is 13.1. The summed E-state index contributed by atoms with van der Waals surface area (Å²) in [6.07, 6.45) is 0.621. The van der Waals surface area contributed by atoms with Crippen LogP contribution in [0.5, 0.6) is 0 Å². The van der Waals surface area contributed by atoms with Crippen LogP contribution in [0.4, 0.5) is 4.39 Å². The van der Waals surface area contributed by atoms with Crippen LogP contribution in [0.15, 0.2) is 40.2 Å². The van der Waals surface area contributed by atoms with Crippen molar-refractivity contribution in [2.45, 2.75) is 13.3 Å². The molecule has 0 aliphatic carbocycles. The zero-order valence-corrected chi connectivity index (χ0v) is 11.1. The normalized spacial score (nSPS) is 10.8. The molecule has 3 rings (SSSR count). The van der Waals surface area contributed by atoms with Gasteiger partial charge in [-0.05, 0) is 24.6 Å². The number of benzene rings is 1. The minimum absolute atomic E-state index is 0.222. The van der Waals surface area contributed by atoms with E-state index in [2.05, 4.69) is 10.1 Å². The number of aryl methyl sites for hydroxylation is 1. The fraction of sp³-hybridized carbons (Fsp3) is 0.143. The number of halogens is 1. The Labute approximate surface area is 113 Å². The van der Waals surface area contributed by atoms with Crippen molar-refractivity contribution in [3.05, 3.63) is 57.8 Å². The lowest BCUT2D eigenvalue weighted by atomic mass is 10.1. The van der Waals surface area contributed by atoms with Gasteiger partial charge in [-0.3, -0.25) is 0 Å². The number of aromatic nitrogens is 2. The van der Waals surface area contributed by atoms with E-state index in [0.29, 0.717) is 12.2 Å². The molecule has 2 heterocycles. The molecule has 0 radical (unpaired) electrons. The zero-order valence-electron chi connectivity index (χ0n) is 10.3. The maximum atomic E-state index is 13.1. The molecule has 3 nitrogen and oxygen atoms in total. The maximum Gasteiger partial charge on any atom is 0.186 e. The molecule has 19 heavy (non-hydrogen) atoms. The number of rotatable bonds is 3. The van der Waals surface area contributed by atoms with Crippen molar-refractivity contribution in [3.8, 4) is 11.5 Å². The van der Waals surface area contributed by atoms with E-state index in [-0.39, 0.29) is 5.82 Å².